The molecule has 4 rings (SSSR count). The maximum absolute atomic E-state index is 13.0. The van der Waals surface area contributed by atoms with Crippen molar-refractivity contribution < 1.29 is 19.0 Å². The average Bonchev–Trinajstić information content (AvgIpc) is 2.80. The normalized spacial score (nSPS) is 16.9. The van der Waals surface area contributed by atoms with Crippen molar-refractivity contribution in [3.05, 3.63) is 45.9 Å². The van der Waals surface area contributed by atoms with Crippen LogP contribution in [-0.4, -0.2) is 65.6 Å². The topological polar surface area (TPSA) is 63.3 Å². The fourth-order valence-corrected chi connectivity index (χ4v) is 4.43. The second-order valence-corrected chi connectivity index (χ2v) is 8.14. The molecule has 2 aliphatic rings. The minimum absolute atomic E-state index is 0.288. The summed E-state index contributed by atoms with van der Waals surface area (Å²) in [5.74, 6) is 0.0591. The lowest BCUT2D eigenvalue weighted by molar-refractivity contribution is 0.102. The summed E-state index contributed by atoms with van der Waals surface area (Å²) in [6.07, 6.45) is 0. The molecular weight excluding hydrogens is 441 g/mol. The molecule has 0 aliphatic carbocycles. The van der Waals surface area contributed by atoms with Crippen LogP contribution in [0, 0.1) is 0 Å². The lowest BCUT2D eigenvalue weighted by Gasteiger charge is -2.33. The van der Waals surface area contributed by atoms with E-state index < -0.39 is 0 Å². The number of methoxy groups -OCH3 is 1. The molecule has 1 amide bonds. The summed E-state index contributed by atoms with van der Waals surface area (Å²) in [5, 5.41) is 3.60. The summed E-state index contributed by atoms with van der Waals surface area (Å²) < 4.78 is 16.2. The van der Waals surface area contributed by atoms with E-state index in [1.54, 1.807) is 12.1 Å². The van der Waals surface area contributed by atoms with Crippen molar-refractivity contribution in [2.24, 2.45) is 0 Å². The van der Waals surface area contributed by atoms with Gasteiger partial charge in [0.1, 0.15) is 0 Å². The Morgan fingerprint density at radius 2 is 1.52 bits per heavy atom. The first-order valence-electron chi connectivity index (χ1n) is 10.2. The van der Waals surface area contributed by atoms with Crippen LogP contribution < -0.4 is 19.9 Å². The van der Waals surface area contributed by atoms with E-state index in [2.05, 4.69) is 21.2 Å². The molecule has 2 heterocycles. The predicted molar refractivity (Wildman–Crippen MR) is 123 cm³/mol. The zero-order valence-electron chi connectivity index (χ0n) is 17.3. The minimum Gasteiger partial charge on any atom is -0.494 e. The number of amides is 1. The molecule has 31 heavy (non-hydrogen) atoms. The number of halogens is 2. The number of carbonyl (C=O) groups excluding carboxylic acids is 1. The third-order valence-corrected chi connectivity index (χ3v) is 5.98. The molecule has 0 bridgehead atoms. The molecule has 2 fully saturated rings. The molecule has 2 saturated heterocycles. The first-order chi connectivity index (χ1) is 15.1. The molecule has 0 unspecified atom stereocenters. The summed E-state index contributed by atoms with van der Waals surface area (Å²) in [7, 11) is 1.48. The Kier molecular flexibility index (Phi) is 7.07. The van der Waals surface area contributed by atoms with Gasteiger partial charge in [0.15, 0.2) is 5.75 Å². The predicted octanol–water partition coefficient (Wildman–Crippen LogP) is 3.93. The molecule has 2 aliphatic heterocycles. The second kappa shape index (κ2) is 9.96. The highest BCUT2D eigenvalue weighted by atomic mass is 35.5. The molecule has 7 nitrogen and oxygen atoms in total. The van der Waals surface area contributed by atoms with E-state index in [0.717, 1.165) is 43.2 Å². The molecule has 166 valence electrons. The Balaban J connectivity index is 1.62. The highest BCUT2D eigenvalue weighted by molar-refractivity contribution is 6.37. The molecular formula is C22H25Cl2N3O4. The van der Waals surface area contributed by atoms with Crippen LogP contribution >= 0.6 is 23.2 Å². The average molecular weight is 466 g/mol. The highest BCUT2D eigenvalue weighted by Crippen LogP contribution is 2.35. The van der Waals surface area contributed by atoms with Gasteiger partial charge in [0.2, 0.25) is 0 Å². The van der Waals surface area contributed by atoms with Gasteiger partial charge in [-0.15, -0.1) is 0 Å². The second-order valence-electron chi connectivity index (χ2n) is 7.33. The van der Waals surface area contributed by atoms with Gasteiger partial charge >= 0.3 is 0 Å². The number of anilines is 3. The summed E-state index contributed by atoms with van der Waals surface area (Å²) in [4.78, 5) is 17.5. The van der Waals surface area contributed by atoms with Gasteiger partial charge in [-0.1, -0.05) is 23.2 Å². The van der Waals surface area contributed by atoms with Gasteiger partial charge in [0.25, 0.3) is 5.91 Å². The van der Waals surface area contributed by atoms with E-state index >= 15 is 0 Å². The number of nitrogens with zero attached hydrogens (tertiary/aromatic N) is 2. The fourth-order valence-electron chi connectivity index (χ4n) is 3.79. The Labute approximate surface area is 191 Å². The molecule has 0 radical (unpaired) electrons. The molecule has 9 heteroatoms. The highest BCUT2D eigenvalue weighted by Gasteiger charge is 2.21. The first-order valence-corrected chi connectivity index (χ1v) is 11.0. The van der Waals surface area contributed by atoms with Crippen LogP contribution in [0.3, 0.4) is 0 Å². The van der Waals surface area contributed by atoms with Crippen molar-refractivity contribution in [1.29, 1.82) is 0 Å². The first kappa shape index (κ1) is 22.0. The standard InChI is InChI=1S/C22H25Cl2N3O4/c1-29-21-17(23)12-15(13-18(21)24)22(28)25-19-3-2-16(26-4-8-30-9-5-26)14-20(19)27-6-10-31-11-7-27/h2-3,12-14H,4-11H2,1H3,(H,25,28). The maximum Gasteiger partial charge on any atom is 0.255 e. The monoisotopic (exact) mass is 465 g/mol. The summed E-state index contributed by atoms with van der Waals surface area (Å²) in [6.45, 7) is 5.94. The van der Waals surface area contributed by atoms with Crippen molar-refractivity contribution in [2.75, 3.05) is 74.8 Å². The maximum atomic E-state index is 13.0. The van der Waals surface area contributed by atoms with E-state index in [9.17, 15) is 4.79 Å². The third-order valence-electron chi connectivity index (χ3n) is 5.42. The molecule has 0 aromatic heterocycles. The van der Waals surface area contributed by atoms with Crippen molar-refractivity contribution in [2.45, 2.75) is 0 Å². The number of hydrogen-bond acceptors (Lipinski definition) is 6. The summed E-state index contributed by atoms with van der Waals surface area (Å²) in [5.41, 5.74) is 3.16. The lowest BCUT2D eigenvalue weighted by atomic mass is 10.1. The quantitative estimate of drug-likeness (QED) is 0.721. The smallest absolute Gasteiger partial charge is 0.255 e. The van der Waals surface area contributed by atoms with E-state index in [-0.39, 0.29) is 16.0 Å². The number of hydrogen-bond donors (Lipinski definition) is 1. The van der Waals surface area contributed by atoms with E-state index in [1.165, 1.54) is 7.11 Å². The van der Waals surface area contributed by atoms with Gasteiger partial charge in [-0.2, -0.15) is 0 Å². The van der Waals surface area contributed by atoms with Crippen LogP contribution in [0.4, 0.5) is 17.1 Å². The summed E-state index contributed by atoms with van der Waals surface area (Å²) >= 11 is 12.4. The number of ether oxygens (including phenoxy) is 3. The lowest BCUT2D eigenvalue weighted by Crippen LogP contribution is -2.38. The SMILES string of the molecule is COc1c(Cl)cc(C(=O)Nc2ccc(N3CCOCC3)cc2N2CCOCC2)cc1Cl. The Hall–Kier alpha value is -2.19. The number of carbonyl (C=O) groups is 1. The van der Waals surface area contributed by atoms with Gasteiger partial charge in [-0.05, 0) is 30.3 Å². The van der Waals surface area contributed by atoms with Gasteiger partial charge < -0.3 is 29.3 Å². The third kappa shape index (κ3) is 5.01. The van der Waals surface area contributed by atoms with Crippen LogP contribution in [0.5, 0.6) is 5.75 Å². The van der Waals surface area contributed by atoms with Crippen LogP contribution in [0.15, 0.2) is 30.3 Å². The number of nitrogens with one attached hydrogen (secondary N) is 1. The van der Waals surface area contributed by atoms with Crippen LogP contribution in [-0.2, 0) is 9.47 Å². The Morgan fingerprint density at radius 1 is 0.935 bits per heavy atom. The van der Waals surface area contributed by atoms with E-state index in [4.69, 9.17) is 37.4 Å². The Morgan fingerprint density at radius 3 is 2.10 bits per heavy atom. The molecule has 2 aromatic rings. The van der Waals surface area contributed by atoms with E-state index in [1.807, 2.05) is 12.1 Å². The molecule has 2 aromatic carbocycles. The zero-order chi connectivity index (χ0) is 21.8. The van der Waals surface area contributed by atoms with Gasteiger partial charge in [0.05, 0.1) is 55.0 Å². The largest absolute Gasteiger partial charge is 0.494 e. The number of rotatable bonds is 5. The van der Waals surface area contributed by atoms with Crippen LogP contribution in [0.25, 0.3) is 0 Å². The van der Waals surface area contributed by atoms with Crippen LogP contribution in [0.2, 0.25) is 10.0 Å². The van der Waals surface area contributed by atoms with Crippen molar-refractivity contribution >= 4 is 46.2 Å². The fraction of sp³-hybridized carbons (Fsp3) is 0.409. The molecule has 0 saturated carbocycles. The zero-order valence-corrected chi connectivity index (χ0v) is 18.8. The molecule has 0 spiro atoms. The van der Waals surface area contributed by atoms with E-state index in [0.29, 0.717) is 37.7 Å². The Bertz CT molecular complexity index is 921. The van der Waals surface area contributed by atoms with Gasteiger partial charge in [-0.25, -0.2) is 0 Å². The minimum atomic E-state index is -0.292. The van der Waals surface area contributed by atoms with Crippen LogP contribution in [0.1, 0.15) is 10.4 Å². The number of morpholine rings is 2. The van der Waals surface area contributed by atoms with Crippen molar-refractivity contribution in [3.8, 4) is 5.75 Å². The molecule has 1 N–H and O–H groups in total. The van der Waals surface area contributed by atoms with Crippen molar-refractivity contribution in [3.63, 3.8) is 0 Å². The molecule has 0 atom stereocenters. The number of benzene rings is 2. The summed E-state index contributed by atoms with van der Waals surface area (Å²) in [6, 6.07) is 9.20. The van der Waals surface area contributed by atoms with Gasteiger partial charge in [-0.3, -0.25) is 4.79 Å². The van der Waals surface area contributed by atoms with Gasteiger partial charge in [0, 0.05) is 37.4 Å². The van der Waals surface area contributed by atoms with Crippen molar-refractivity contribution in [1.82, 2.24) is 0 Å².